The predicted molar refractivity (Wildman–Crippen MR) is 115 cm³/mol. The third-order valence-electron chi connectivity index (χ3n) is 5.23. The number of aromatic nitrogens is 3. The molecule has 1 N–H and O–H groups in total. The standard InChI is InChI=1S/C23H23N5O2/c29-22(10-9-18-5-2-1-3-6-18)27-13-11-19(12-14-27)23(30)26-20-7-4-8-21(15-20)28-16-24-25-17-28/h1-10,15-17,19H,11-14H2,(H,26,30)/b10-9+. The lowest BCUT2D eigenvalue weighted by Crippen LogP contribution is -2.40. The number of rotatable bonds is 5. The first kappa shape index (κ1) is 19.6. The zero-order chi connectivity index (χ0) is 20.8. The number of piperidine rings is 1. The number of carbonyl (C=O) groups excluding carboxylic acids is 2. The van der Waals surface area contributed by atoms with Gasteiger partial charge in [-0.05, 0) is 42.7 Å². The van der Waals surface area contributed by atoms with E-state index in [1.54, 1.807) is 28.2 Å². The minimum Gasteiger partial charge on any atom is -0.339 e. The number of hydrogen-bond donors (Lipinski definition) is 1. The SMILES string of the molecule is O=C(Nc1cccc(-n2cnnc2)c1)C1CCN(C(=O)/C=C/c2ccccc2)CC1. The molecule has 30 heavy (non-hydrogen) atoms. The molecule has 1 aliphatic rings. The summed E-state index contributed by atoms with van der Waals surface area (Å²) in [4.78, 5) is 26.9. The number of likely N-dealkylation sites (tertiary alicyclic amines) is 1. The van der Waals surface area contributed by atoms with Crippen LogP contribution in [0.3, 0.4) is 0 Å². The largest absolute Gasteiger partial charge is 0.339 e. The maximum Gasteiger partial charge on any atom is 0.246 e. The molecule has 3 aromatic rings. The Morgan fingerprint density at radius 2 is 1.70 bits per heavy atom. The molecule has 1 fully saturated rings. The van der Waals surface area contributed by atoms with Gasteiger partial charge in [0.2, 0.25) is 11.8 Å². The molecule has 0 aliphatic carbocycles. The molecule has 2 aromatic carbocycles. The summed E-state index contributed by atoms with van der Waals surface area (Å²) in [5.41, 5.74) is 2.60. The Hall–Kier alpha value is -3.74. The number of carbonyl (C=O) groups is 2. The van der Waals surface area contributed by atoms with E-state index in [0.29, 0.717) is 25.9 Å². The summed E-state index contributed by atoms with van der Waals surface area (Å²) in [6.07, 6.45) is 7.96. The Morgan fingerprint density at radius 1 is 0.967 bits per heavy atom. The highest BCUT2D eigenvalue weighted by atomic mass is 16.2. The first-order chi connectivity index (χ1) is 14.7. The van der Waals surface area contributed by atoms with Crippen LogP contribution in [0.15, 0.2) is 73.3 Å². The van der Waals surface area contributed by atoms with E-state index in [1.165, 1.54) is 0 Å². The molecule has 2 amide bonds. The number of benzene rings is 2. The van der Waals surface area contributed by atoms with Gasteiger partial charge in [-0.15, -0.1) is 10.2 Å². The zero-order valence-electron chi connectivity index (χ0n) is 16.5. The Labute approximate surface area is 175 Å². The van der Waals surface area contributed by atoms with Crippen molar-refractivity contribution in [3.63, 3.8) is 0 Å². The molecule has 0 atom stereocenters. The maximum absolute atomic E-state index is 12.7. The molecule has 7 nitrogen and oxygen atoms in total. The van der Waals surface area contributed by atoms with E-state index in [9.17, 15) is 9.59 Å². The fourth-order valence-corrected chi connectivity index (χ4v) is 3.52. The topological polar surface area (TPSA) is 80.1 Å². The second kappa shape index (κ2) is 9.17. The summed E-state index contributed by atoms with van der Waals surface area (Å²) in [5, 5.41) is 10.6. The second-order valence-electron chi connectivity index (χ2n) is 7.25. The van der Waals surface area contributed by atoms with Crippen LogP contribution < -0.4 is 5.32 Å². The zero-order valence-corrected chi connectivity index (χ0v) is 16.5. The van der Waals surface area contributed by atoms with Gasteiger partial charge < -0.3 is 10.2 Å². The highest BCUT2D eigenvalue weighted by Crippen LogP contribution is 2.21. The smallest absolute Gasteiger partial charge is 0.246 e. The summed E-state index contributed by atoms with van der Waals surface area (Å²) in [5.74, 6) is -0.132. The molecule has 7 heteroatoms. The van der Waals surface area contributed by atoms with Gasteiger partial charge in [-0.1, -0.05) is 36.4 Å². The molecule has 0 saturated carbocycles. The summed E-state index contributed by atoms with van der Waals surface area (Å²) < 4.78 is 1.78. The first-order valence-corrected chi connectivity index (χ1v) is 9.97. The summed E-state index contributed by atoms with van der Waals surface area (Å²) in [7, 11) is 0. The summed E-state index contributed by atoms with van der Waals surface area (Å²) in [6, 6.07) is 17.3. The molecular weight excluding hydrogens is 378 g/mol. The van der Waals surface area contributed by atoms with Gasteiger partial charge >= 0.3 is 0 Å². The molecule has 1 aromatic heterocycles. The lowest BCUT2D eigenvalue weighted by atomic mass is 9.95. The lowest BCUT2D eigenvalue weighted by molar-refractivity contribution is -0.130. The Kier molecular flexibility index (Phi) is 5.98. The van der Waals surface area contributed by atoms with E-state index in [-0.39, 0.29) is 17.7 Å². The normalized spacial score (nSPS) is 14.7. The van der Waals surface area contributed by atoms with Crippen molar-refractivity contribution >= 4 is 23.6 Å². The van der Waals surface area contributed by atoms with Crippen molar-refractivity contribution in [2.75, 3.05) is 18.4 Å². The molecule has 1 aliphatic heterocycles. The van der Waals surface area contributed by atoms with E-state index < -0.39 is 0 Å². The van der Waals surface area contributed by atoms with Gasteiger partial charge in [0.15, 0.2) is 0 Å². The Balaban J connectivity index is 1.30. The maximum atomic E-state index is 12.7. The van der Waals surface area contributed by atoms with Gasteiger partial charge in [0.05, 0.1) is 5.69 Å². The number of anilines is 1. The van der Waals surface area contributed by atoms with Crippen molar-refractivity contribution in [3.8, 4) is 5.69 Å². The van der Waals surface area contributed by atoms with Gasteiger partial charge in [0.25, 0.3) is 0 Å². The average Bonchev–Trinajstić information content (AvgIpc) is 3.33. The highest BCUT2D eigenvalue weighted by molar-refractivity contribution is 5.94. The van der Waals surface area contributed by atoms with Crippen LogP contribution in [-0.2, 0) is 9.59 Å². The first-order valence-electron chi connectivity index (χ1n) is 9.97. The van der Waals surface area contributed by atoms with Gasteiger partial charge in [0.1, 0.15) is 12.7 Å². The van der Waals surface area contributed by atoms with Crippen molar-refractivity contribution in [3.05, 3.63) is 78.9 Å². The molecule has 0 spiro atoms. The van der Waals surface area contributed by atoms with Gasteiger partial charge in [0, 0.05) is 30.8 Å². The summed E-state index contributed by atoms with van der Waals surface area (Å²) >= 11 is 0. The number of hydrogen-bond acceptors (Lipinski definition) is 4. The van der Waals surface area contributed by atoms with E-state index in [1.807, 2.05) is 60.7 Å². The van der Waals surface area contributed by atoms with Crippen molar-refractivity contribution < 1.29 is 9.59 Å². The number of nitrogens with zero attached hydrogens (tertiary/aromatic N) is 4. The van der Waals surface area contributed by atoms with E-state index in [0.717, 1.165) is 16.9 Å². The van der Waals surface area contributed by atoms with Gasteiger partial charge in [-0.3, -0.25) is 14.2 Å². The average molecular weight is 401 g/mol. The fraction of sp³-hybridized carbons (Fsp3) is 0.217. The quantitative estimate of drug-likeness (QED) is 0.666. The van der Waals surface area contributed by atoms with Crippen LogP contribution >= 0.6 is 0 Å². The third kappa shape index (κ3) is 4.81. The fourth-order valence-electron chi connectivity index (χ4n) is 3.52. The van der Waals surface area contributed by atoms with Gasteiger partial charge in [-0.2, -0.15) is 0 Å². The van der Waals surface area contributed by atoms with Crippen LogP contribution in [0.5, 0.6) is 0 Å². The molecule has 4 rings (SSSR count). The van der Waals surface area contributed by atoms with Crippen LogP contribution in [0.1, 0.15) is 18.4 Å². The van der Waals surface area contributed by atoms with Crippen molar-refractivity contribution in [2.45, 2.75) is 12.8 Å². The monoisotopic (exact) mass is 401 g/mol. The molecule has 0 radical (unpaired) electrons. The Bertz CT molecular complexity index is 1020. The third-order valence-corrected chi connectivity index (χ3v) is 5.23. The van der Waals surface area contributed by atoms with E-state index >= 15 is 0 Å². The van der Waals surface area contributed by atoms with Crippen LogP contribution in [0.2, 0.25) is 0 Å². The highest BCUT2D eigenvalue weighted by Gasteiger charge is 2.26. The van der Waals surface area contributed by atoms with Crippen LogP contribution in [0.4, 0.5) is 5.69 Å². The molecule has 0 unspecified atom stereocenters. The molecule has 2 heterocycles. The van der Waals surface area contributed by atoms with Crippen molar-refractivity contribution in [2.24, 2.45) is 5.92 Å². The van der Waals surface area contributed by atoms with Crippen molar-refractivity contribution in [1.82, 2.24) is 19.7 Å². The second-order valence-corrected chi connectivity index (χ2v) is 7.25. The number of amides is 2. The van der Waals surface area contributed by atoms with Crippen molar-refractivity contribution in [1.29, 1.82) is 0 Å². The lowest BCUT2D eigenvalue weighted by Gasteiger charge is -2.30. The molecular formula is C23H23N5O2. The number of nitrogens with one attached hydrogen (secondary N) is 1. The van der Waals surface area contributed by atoms with Crippen LogP contribution in [0, 0.1) is 5.92 Å². The Morgan fingerprint density at radius 3 is 2.43 bits per heavy atom. The molecule has 152 valence electrons. The van der Waals surface area contributed by atoms with Crippen LogP contribution in [-0.4, -0.2) is 44.6 Å². The van der Waals surface area contributed by atoms with E-state index in [4.69, 9.17) is 0 Å². The van der Waals surface area contributed by atoms with E-state index in [2.05, 4.69) is 15.5 Å². The minimum absolute atomic E-state index is 0.0113. The van der Waals surface area contributed by atoms with Gasteiger partial charge in [-0.25, -0.2) is 0 Å². The molecule has 0 bridgehead atoms. The predicted octanol–water partition coefficient (Wildman–Crippen LogP) is 3.16. The summed E-state index contributed by atoms with van der Waals surface area (Å²) in [6.45, 7) is 1.16. The minimum atomic E-state index is -0.106. The van der Waals surface area contributed by atoms with Crippen LogP contribution in [0.25, 0.3) is 11.8 Å². The molecule has 1 saturated heterocycles.